The van der Waals surface area contributed by atoms with Crippen LogP contribution in [0.5, 0.6) is 5.75 Å². The Bertz CT molecular complexity index is 744. The van der Waals surface area contributed by atoms with Gasteiger partial charge in [0.2, 0.25) is 0 Å². The van der Waals surface area contributed by atoms with Crippen LogP contribution in [0, 0.1) is 5.92 Å². The average molecular weight is 395 g/mol. The van der Waals surface area contributed by atoms with E-state index in [0.29, 0.717) is 24.6 Å². The molecule has 2 aromatic rings. The largest absolute Gasteiger partial charge is 0.496 e. The van der Waals surface area contributed by atoms with Gasteiger partial charge in [-0.2, -0.15) is 5.10 Å². The number of carbonyl (C=O) groups excluding carboxylic acids is 1. The maximum atomic E-state index is 12.5. The molecule has 3 rings (SSSR count). The van der Waals surface area contributed by atoms with E-state index in [0.717, 1.165) is 48.6 Å². The first-order valence-corrected chi connectivity index (χ1v) is 8.87. The van der Waals surface area contributed by atoms with Crippen LogP contribution >= 0.6 is 12.4 Å². The predicted molar refractivity (Wildman–Crippen MR) is 105 cm³/mol. The Morgan fingerprint density at radius 3 is 2.89 bits per heavy atom. The number of nitrogens with one attached hydrogen (secondary N) is 3. The number of carbonyl (C=O) groups is 1. The molecule has 7 nitrogen and oxygen atoms in total. The first kappa shape index (κ1) is 21.2. The molecular weight excluding hydrogens is 368 g/mol. The van der Waals surface area contributed by atoms with Gasteiger partial charge < -0.3 is 20.1 Å². The molecule has 1 unspecified atom stereocenters. The summed E-state index contributed by atoms with van der Waals surface area (Å²) < 4.78 is 10.5. The Kier molecular flexibility index (Phi) is 8.09. The minimum absolute atomic E-state index is 0. The topological polar surface area (TPSA) is 88.3 Å². The summed E-state index contributed by atoms with van der Waals surface area (Å²) in [4.78, 5) is 12.5. The van der Waals surface area contributed by atoms with Crippen molar-refractivity contribution in [3.63, 3.8) is 0 Å². The van der Waals surface area contributed by atoms with Crippen molar-refractivity contribution in [3.8, 4) is 5.75 Å². The third kappa shape index (κ3) is 5.69. The van der Waals surface area contributed by atoms with E-state index in [1.165, 1.54) is 0 Å². The van der Waals surface area contributed by atoms with Gasteiger partial charge in [0.05, 0.1) is 31.6 Å². The first-order chi connectivity index (χ1) is 12.7. The summed E-state index contributed by atoms with van der Waals surface area (Å²) in [6.45, 7) is 2.91. The van der Waals surface area contributed by atoms with Gasteiger partial charge in [-0.3, -0.25) is 9.89 Å². The molecule has 1 atom stereocenters. The van der Waals surface area contributed by atoms with Crippen molar-refractivity contribution in [2.75, 3.05) is 27.3 Å². The van der Waals surface area contributed by atoms with E-state index in [1.54, 1.807) is 20.3 Å². The number of methoxy groups -OCH3 is 2. The number of H-pyrrole nitrogens is 1. The lowest BCUT2D eigenvalue weighted by atomic mass is 9.96. The van der Waals surface area contributed by atoms with Crippen LogP contribution in [0.1, 0.15) is 33.7 Å². The molecule has 0 aliphatic carbocycles. The fourth-order valence-electron chi connectivity index (χ4n) is 3.28. The molecule has 1 aliphatic rings. The van der Waals surface area contributed by atoms with E-state index >= 15 is 0 Å². The van der Waals surface area contributed by atoms with Crippen molar-refractivity contribution in [2.45, 2.75) is 26.0 Å². The summed E-state index contributed by atoms with van der Waals surface area (Å²) in [6, 6.07) is 7.50. The molecule has 0 bridgehead atoms. The Morgan fingerprint density at radius 1 is 1.33 bits per heavy atom. The van der Waals surface area contributed by atoms with Gasteiger partial charge in [0.1, 0.15) is 5.75 Å². The number of aromatic amines is 1. The van der Waals surface area contributed by atoms with Crippen LogP contribution in [-0.4, -0.2) is 43.4 Å². The summed E-state index contributed by atoms with van der Waals surface area (Å²) >= 11 is 0. The SMILES string of the molecule is COCc1cc(CNC(=O)c2ccc(OC)c(CC3CCNC3)c2)[nH]n1.Cl. The quantitative estimate of drug-likeness (QED) is 0.638. The fourth-order valence-corrected chi connectivity index (χ4v) is 3.28. The van der Waals surface area contributed by atoms with Gasteiger partial charge in [-0.25, -0.2) is 0 Å². The molecule has 1 aliphatic heterocycles. The lowest BCUT2D eigenvalue weighted by Crippen LogP contribution is -2.23. The first-order valence-electron chi connectivity index (χ1n) is 8.87. The highest BCUT2D eigenvalue weighted by Crippen LogP contribution is 2.25. The van der Waals surface area contributed by atoms with Gasteiger partial charge in [0, 0.05) is 12.7 Å². The molecule has 3 N–H and O–H groups in total. The maximum Gasteiger partial charge on any atom is 0.251 e. The van der Waals surface area contributed by atoms with Crippen LogP contribution < -0.4 is 15.4 Å². The van der Waals surface area contributed by atoms with Crippen LogP contribution in [0.15, 0.2) is 24.3 Å². The van der Waals surface area contributed by atoms with Crippen molar-refractivity contribution in [3.05, 3.63) is 46.8 Å². The standard InChI is InChI=1S/C19H26N4O3.ClH/c1-25-12-17-9-16(22-23-17)11-21-19(24)14-3-4-18(26-2)15(8-14)7-13-5-6-20-10-13;/h3-4,8-9,13,20H,5-7,10-12H2,1-2H3,(H,21,24)(H,22,23);1H. The van der Waals surface area contributed by atoms with Crippen molar-refractivity contribution in [2.24, 2.45) is 5.92 Å². The van der Waals surface area contributed by atoms with Crippen LogP contribution in [0.3, 0.4) is 0 Å². The molecule has 2 heterocycles. The van der Waals surface area contributed by atoms with Gasteiger partial charge in [-0.1, -0.05) is 0 Å². The van der Waals surface area contributed by atoms with Crippen LogP contribution in [-0.2, 0) is 24.3 Å². The second kappa shape index (κ2) is 10.3. The minimum Gasteiger partial charge on any atom is -0.496 e. The smallest absolute Gasteiger partial charge is 0.251 e. The van der Waals surface area contributed by atoms with E-state index in [1.807, 2.05) is 18.2 Å². The van der Waals surface area contributed by atoms with Gasteiger partial charge in [0.15, 0.2) is 0 Å². The van der Waals surface area contributed by atoms with Crippen molar-refractivity contribution in [1.29, 1.82) is 0 Å². The van der Waals surface area contributed by atoms with Crippen LogP contribution in [0.4, 0.5) is 0 Å². The number of aromatic nitrogens is 2. The molecule has 27 heavy (non-hydrogen) atoms. The van der Waals surface area contributed by atoms with Crippen molar-refractivity contribution in [1.82, 2.24) is 20.8 Å². The highest BCUT2D eigenvalue weighted by molar-refractivity contribution is 5.94. The summed E-state index contributed by atoms with van der Waals surface area (Å²) in [5, 5.41) is 13.3. The molecule has 0 spiro atoms. The number of ether oxygens (including phenoxy) is 2. The van der Waals surface area contributed by atoms with Crippen LogP contribution in [0.2, 0.25) is 0 Å². The summed E-state index contributed by atoms with van der Waals surface area (Å²) in [6.07, 6.45) is 2.07. The Balaban J connectivity index is 0.00000261. The Labute approximate surface area is 165 Å². The molecule has 1 aromatic heterocycles. The highest BCUT2D eigenvalue weighted by Gasteiger charge is 2.18. The number of nitrogens with zero attached hydrogens (tertiary/aromatic N) is 1. The zero-order chi connectivity index (χ0) is 18.4. The molecule has 1 fully saturated rings. The van der Waals surface area contributed by atoms with E-state index in [2.05, 4.69) is 20.8 Å². The molecule has 0 saturated carbocycles. The number of hydrogen-bond donors (Lipinski definition) is 3. The average Bonchev–Trinajstić information content (AvgIpc) is 3.32. The van der Waals surface area contributed by atoms with E-state index in [-0.39, 0.29) is 18.3 Å². The third-order valence-corrected chi connectivity index (χ3v) is 4.63. The van der Waals surface area contributed by atoms with E-state index in [4.69, 9.17) is 9.47 Å². The normalized spacial score (nSPS) is 16.0. The van der Waals surface area contributed by atoms with Crippen LogP contribution in [0.25, 0.3) is 0 Å². The summed E-state index contributed by atoms with van der Waals surface area (Å²) in [5.74, 6) is 1.32. The minimum atomic E-state index is -0.110. The molecule has 1 aromatic carbocycles. The molecule has 8 heteroatoms. The third-order valence-electron chi connectivity index (χ3n) is 4.63. The van der Waals surface area contributed by atoms with Crippen molar-refractivity contribution >= 4 is 18.3 Å². The second-order valence-corrected chi connectivity index (χ2v) is 6.59. The van der Waals surface area contributed by atoms with Gasteiger partial charge in [0.25, 0.3) is 5.91 Å². The number of halogens is 1. The molecular formula is C19H27ClN4O3. The number of amides is 1. The number of benzene rings is 1. The summed E-state index contributed by atoms with van der Waals surface area (Å²) in [5.41, 5.74) is 3.38. The van der Waals surface area contributed by atoms with Gasteiger partial charge >= 0.3 is 0 Å². The monoisotopic (exact) mass is 394 g/mol. The van der Waals surface area contributed by atoms with E-state index < -0.39 is 0 Å². The second-order valence-electron chi connectivity index (χ2n) is 6.59. The van der Waals surface area contributed by atoms with Gasteiger partial charge in [-0.05, 0) is 61.7 Å². The number of hydrogen-bond acceptors (Lipinski definition) is 5. The van der Waals surface area contributed by atoms with Crippen molar-refractivity contribution < 1.29 is 14.3 Å². The number of rotatable bonds is 8. The maximum absolute atomic E-state index is 12.5. The zero-order valence-electron chi connectivity index (χ0n) is 15.7. The molecule has 1 saturated heterocycles. The predicted octanol–water partition coefficient (Wildman–Crippen LogP) is 2.07. The molecule has 0 radical (unpaired) electrons. The zero-order valence-corrected chi connectivity index (χ0v) is 16.5. The summed E-state index contributed by atoms with van der Waals surface area (Å²) in [7, 11) is 3.29. The fraction of sp³-hybridized carbons (Fsp3) is 0.474. The Hall–Kier alpha value is -2.09. The Morgan fingerprint density at radius 2 is 2.19 bits per heavy atom. The molecule has 148 valence electrons. The van der Waals surface area contributed by atoms with Gasteiger partial charge in [-0.15, -0.1) is 12.4 Å². The lowest BCUT2D eigenvalue weighted by molar-refractivity contribution is 0.0950. The van der Waals surface area contributed by atoms with E-state index in [9.17, 15) is 4.79 Å². The molecule has 1 amide bonds. The lowest BCUT2D eigenvalue weighted by Gasteiger charge is -2.14. The highest BCUT2D eigenvalue weighted by atomic mass is 35.5.